The lowest BCUT2D eigenvalue weighted by atomic mass is 9.98. The summed E-state index contributed by atoms with van der Waals surface area (Å²) in [6.07, 6.45) is 1.16. The molecule has 1 aliphatic rings. The molecule has 1 saturated carbocycles. The molecule has 0 spiro atoms. The van der Waals surface area contributed by atoms with Crippen molar-refractivity contribution in [3.05, 3.63) is 29.8 Å². The Kier molecular flexibility index (Phi) is 3.65. The largest absolute Gasteiger partial charge is 0.508 e. The predicted octanol–water partition coefficient (Wildman–Crippen LogP) is 2.45. The molecule has 1 unspecified atom stereocenters. The van der Waals surface area contributed by atoms with Gasteiger partial charge in [0.1, 0.15) is 11.4 Å². The highest BCUT2D eigenvalue weighted by molar-refractivity contribution is 5.69. The predicted molar refractivity (Wildman–Crippen MR) is 76.4 cm³/mol. The molecule has 0 saturated heterocycles. The molecular weight excluding hydrogens is 256 g/mol. The second-order valence-corrected chi connectivity index (χ2v) is 6.36. The SMILES string of the molecule is CC(C)(C)OC(=O)NC1(C(N)c2cccc(O)c2)CC1. The van der Waals surface area contributed by atoms with E-state index < -0.39 is 17.2 Å². The highest BCUT2D eigenvalue weighted by Crippen LogP contribution is 2.45. The number of nitrogens with one attached hydrogen (secondary N) is 1. The number of alkyl carbamates (subject to hydrolysis) is 1. The third-order valence-electron chi connectivity index (χ3n) is 3.36. The number of rotatable bonds is 3. The minimum Gasteiger partial charge on any atom is -0.508 e. The molecule has 1 fully saturated rings. The molecule has 1 aromatic rings. The summed E-state index contributed by atoms with van der Waals surface area (Å²) in [5.74, 6) is 0.172. The Labute approximate surface area is 119 Å². The van der Waals surface area contributed by atoms with E-state index in [4.69, 9.17) is 10.5 Å². The van der Waals surface area contributed by atoms with Gasteiger partial charge in [0.05, 0.1) is 11.6 Å². The molecular formula is C15H22N2O3. The minimum atomic E-state index is -0.532. The van der Waals surface area contributed by atoms with Gasteiger partial charge in [0.2, 0.25) is 0 Å². The number of aromatic hydroxyl groups is 1. The van der Waals surface area contributed by atoms with Crippen LogP contribution >= 0.6 is 0 Å². The van der Waals surface area contributed by atoms with E-state index in [1.807, 2.05) is 26.8 Å². The van der Waals surface area contributed by atoms with Crippen LogP contribution in [-0.4, -0.2) is 22.3 Å². The molecule has 0 bridgehead atoms. The average molecular weight is 278 g/mol. The summed E-state index contributed by atoms with van der Waals surface area (Å²) < 4.78 is 5.27. The molecule has 4 N–H and O–H groups in total. The number of ether oxygens (including phenoxy) is 1. The molecule has 1 amide bonds. The Morgan fingerprint density at radius 2 is 2.10 bits per heavy atom. The molecule has 0 aliphatic heterocycles. The van der Waals surface area contributed by atoms with Crippen molar-refractivity contribution in [3.63, 3.8) is 0 Å². The van der Waals surface area contributed by atoms with E-state index in [1.54, 1.807) is 18.2 Å². The summed E-state index contributed by atoms with van der Waals surface area (Å²) >= 11 is 0. The van der Waals surface area contributed by atoms with Gasteiger partial charge in [-0.25, -0.2) is 4.79 Å². The summed E-state index contributed by atoms with van der Waals surface area (Å²) in [6, 6.07) is 6.45. The number of benzene rings is 1. The van der Waals surface area contributed by atoms with Gasteiger partial charge in [-0.05, 0) is 51.3 Å². The van der Waals surface area contributed by atoms with Gasteiger partial charge >= 0.3 is 6.09 Å². The third kappa shape index (κ3) is 3.42. The maximum atomic E-state index is 11.9. The van der Waals surface area contributed by atoms with E-state index in [2.05, 4.69) is 5.32 Å². The first kappa shape index (κ1) is 14.7. The number of phenols is 1. The van der Waals surface area contributed by atoms with E-state index in [-0.39, 0.29) is 11.8 Å². The molecule has 0 heterocycles. The normalized spacial score (nSPS) is 18.2. The van der Waals surface area contributed by atoms with Crippen LogP contribution in [-0.2, 0) is 4.74 Å². The summed E-state index contributed by atoms with van der Waals surface area (Å²) in [6.45, 7) is 5.46. The molecule has 5 heteroatoms. The molecule has 0 aromatic heterocycles. The Morgan fingerprint density at radius 3 is 2.60 bits per heavy atom. The van der Waals surface area contributed by atoms with Crippen molar-refractivity contribution in [2.45, 2.75) is 50.8 Å². The number of nitrogens with two attached hydrogens (primary N) is 1. The van der Waals surface area contributed by atoms with E-state index in [0.717, 1.165) is 18.4 Å². The Bertz CT molecular complexity index is 504. The molecule has 1 atom stereocenters. The Balaban J connectivity index is 2.06. The van der Waals surface area contributed by atoms with Crippen molar-refractivity contribution in [2.75, 3.05) is 0 Å². The number of carbonyl (C=O) groups is 1. The van der Waals surface area contributed by atoms with Crippen molar-refractivity contribution in [3.8, 4) is 5.75 Å². The van der Waals surface area contributed by atoms with Crippen LogP contribution in [0.5, 0.6) is 5.75 Å². The molecule has 0 radical (unpaired) electrons. The van der Waals surface area contributed by atoms with Crippen LogP contribution in [0.2, 0.25) is 0 Å². The highest BCUT2D eigenvalue weighted by atomic mass is 16.6. The second kappa shape index (κ2) is 4.98. The summed E-state index contributed by atoms with van der Waals surface area (Å²) in [7, 11) is 0. The van der Waals surface area contributed by atoms with Crippen molar-refractivity contribution >= 4 is 6.09 Å². The maximum absolute atomic E-state index is 11.9. The lowest BCUT2D eigenvalue weighted by Crippen LogP contribution is -2.46. The van der Waals surface area contributed by atoms with Crippen molar-refractivity contribution in [2.24, 2.45) is 5.73 Å². The van der Waals surface area contributed by atoms with Gasteiger partial charge in [0, 0.05) is 0 Å². The topological polar surface area (TPSA) is 84.6 Å². The van der Waals surface area contributed by atoms with Crippen LogP contribution in [0.1, 0.15) is 45.2 Å². The molecule has 5 nitrogen and oxygen atoms in total. The number of amides is 1. The van der Waals surface area contributed by atoms with E-state index >= 15 is 0 Å². The molecule has 110 valence electrons. The first-order valence-electron chi connectivity index (χ1n) is 6.78. The minimum absolute atomic E-state index is 0.172. The van der Waals surface area contributed by atoms with Gasteiger partial charge in [-0.15, -0.1) is 0 Å². The number of phenolic OH excluding ortho intramolecular Hbond substituents is 1. The first-order valence-corrected chi connectivity index (χ1v) is 6.78. The fourth-order valence-electron chi connectivity index (χ4n) is 2.19. The van der Waals surface area contributed by atoms with Gasteiger partial charge in [0.15, 0.2) is 0 Å². The van der Waals surface area contributed by atoms with Gasteiger partial charge < -0.3 is 20.9 Å². The number of hydrogen-bond donors (Lipinski definition) is 3. The van der Waals surface area contributed by atoms with Gasteiger partial charge in [0.25, 0.3) is 0 Å². The van der Waals surface area contributed by atoms with Crippen LogP contribution in [0, 0.1) is 0 Å². The van der Waals surface area contributed by atoms with Crippen LogP contribution in [0.25, 0.3) is 0 Å². The van der Waals surface area contributed by atoms with Crippen LogP contribution < -0.4 is 11.1 Å². The highest BCUT2D eigenvalue weighted by Gasteiger charge is 2.50. The van der Waals surface area contributed by atoms with Crippen molar-refractivity contribution < 1.29 is 14.6 Å². The van der Waals surface area contributed by atoms with Crippen LogP contribution in [0.15, 0.2) is 24.3 Å². The van der Waals surface area contributed by atoms with Crippen molar-refractivity contribution in [1.29, 1.82) is 0 Å². The summed E-state index contributed by atoms with van der Waals surface area (Å²) in [5.41, 5.74) is 6.04. The third-order valence-corrected chi connectivity index (χ3v) is 3.36. The quantitative estimate of drug-likeness (QED) is 0.793. The Morgan fingerprint density at radius 1 is 1.45 bits per heavy atom. The monoisotopic (exact) mass is 278 g/mol. The van der Waals surface area contributed by atoms with E-state index in [0.29, 0.717) is 0 Å². The van der Waals surface area contributed by atoms with Gasteiger partial charge in [-0.1, -0.05) is 12.1 Å². The Hall–Kier alpha value is -1.75. The smallest absolute Gasteiger partial charge is 0.408 e. The summed E-state index contributed by atoms with van der Waals surface area (Å²) in [5, 5.41) is 12.4. The molecule has 1 aromatic carbocycles. The molecule has 2 rings (SSSR count). The van der Waals surface area contributed by atoms with Crippen LogP contribution in [0.4, 0.5) is 4.79 Å². The lowest BCUT2D eigenvalue weighted by Gasteiger charge is -2.27. The zero-order valence-electron chi connectivity index (χ0n) is 12.1. The zero-order valence-corrected chi connectivity index (χ0v) is 12.1. The number of carbonyl (C=O) groups excluding carboxylic acids is 1. The number of hydrogen-bond acceptors (Lipinski definition) is 4. The lowest BCUT2D eigenvalue weighted by molar-refractivity contribution is 0.0487. The standard InChI is InChI=1S/C15H22N2O3/c1-14(2,3)20-13(19)17-15(7-8-15)12(16)10-5-4-6-11(18)9-10/h4-6,9,12,18H,7-8,16H2,1-3H3,(H,17,19). The fraction of sp³-hybridized carbons (Fsp3) is 0.533. The van der Waals surface area contributed by atoms with Crippen molar-refractivity contribution in [1.82, 2.24) is 5.32 Å². The van der Waals surface area contributed by atoms with E-state index in [1.165, 1.54) is 0 Å². The second-order valence-electron chi connectivity index (χ2n) is 6.36. The fourth-order valence-corrected chi connectivity index (χ4v) is 2.19. The average Bonchev–Trinajstić information content (AvgIpc) is 3.06. The first-order chi connectivity index (χ1) is 9.22. The van der Waals surface area contributed by atoms with E-state index in [9.17, 15) is 9.90 Å². The molecule has 20 heavy (non-hydrogen) atoms. The molecule has 1 aliphatic carbocycles. The summed E-state index contributed by atoms with van der Waals surface area (Å²) in [4.78, 5) is 11.9. The van der Waals surface area contributed by atoms with Gasteiger partial charge in [-0.2, -0.15) is 0 Å². The maximum Gasteiger partial charge on any atom is 0.408 e. The van der Waals surface area contributed by atoms with Crippen LogP contribution in [0.3, 0.4) is 0 Å². The van der Waals surface area contributed by atoms with Gasteiger partial charge in [-0.3, -0.25) is 0 Å². The zero-order chi connectivity index (χ0) is 15.0.